The highest BCUT2D eigenvalue weighted by Gasteiger charge is 2.35. The standard InChI is InChI=1S/C23H20F6N4O3/c1-36-20-5-3-16(30)18(33-20)6-7-31-10-12-17(4-2-14(24)21(12)26)32-19-9-13(23(27,28)29)15(25)8-11(19)22(34)35/h2-5,8-9,31-32H,6-7,10,30H2,1H3,(H,34,35). The number of halogens is 6. The van der Waals surface area contributed by atoms with Crippen molar-refractivity contribution in [3.63, 3.8) is 0 Å². The number of aromatic carboxylic acids is 1. The molecule has 0 aliphatic rings. The number of pyridine rings is 1. The maximum atomic E-state index is 14.6. The Morgan fingerprint density at radius 2 is 1.81 bits per heavy atom. The lowest BCUT2D eigenvalue weighted by Gasteiger charge is -2.18. The van der Waals surface area contributed by atoms with E-state index in [0.29, 0.717) is 17.3 Å². The Morgan fingerprint density at radius 3 is 2.44 bits per heavy atom. The van der Waals surface area contributed by atoms with Gasteiger partial charge in [0.15, 0.2) is 11.6 Å². The van der Waals surface area contributed by atoms with Gasteiger partial charge in [0.25, 0.3) is 0 Å². The Labute approximate surface area is 200 Å². The van der Waals surface area contributed by atoms with Crippen LogP contribution in [0.25, 0.3) is 0 Å². The number of ether oxygens (including phenoxy) is 1. The van der Waals surface area contributed by atoms with Crippen LogP contribution in [0.5, 0.6) is 5.88 Å². The molecular formula is C23H20F6N4O3. The van der Waals surface area contributed by atoms with Crippen LogP contribution in [0.2, 0.25) is 0 Å². The maximum Gasteiger partial charge on any atom is 0.419 e. The van der Waals surface area contributed by atoms with Gasteiger partial charge in [-0.25, -0.2) is 22.9 Å². The monoisotopic (exact) mass is 514 g/mol. The first-order chi connectivity index (χ1) is 16.9. The fraction of sp³-hybridized carbons (Fsp3) is 0.217. The fourth-order valence-electron chi connectivity index (χ4n) is 3.32. The number of nitrogens with two attached hydrogens (primary N) is 1. The number of hydrogen-bond acceptors (Lipinski definition) is 6. The molecule has 1 heterocycles. The van der Waals surface area contributed by atoms with Crippen molar-refractivity contribution in [2.24, 2.45) is 0 Å². The Balaban J connectivity index is 1.87. The average Bonchev–Trinajstić information content (AvgIpc) is 2.81. The van der Waals surface area contributed by atoms with Gasteiger partial charge in [0.2, 0.25) is 5.88 Å². The molecule has 0 aliphatic heterocycles. The van der Waals surface area contributed by atoms with Crippen molar-refractivity contribution >= 4 is 23.0 Å². The first kappa shape index (κ1) is 26.6. The summed E-state index contributed by atoms with van der Waals surface area (Å²) >= 11 is 0. The summed E-state index contributed by atoms with van der Waals surface area (Å²) in [5, 5.41) is 14.5. The van der Waals surface area contributed by atoms with Crippen molar-refractivity contribution < 1.29 is 41.0 Å². The molecule has 0 radical (unpaired) electrons. The molecule has 0 spiro atoms. The summed E-state index contributed by atoms with van der Waals surface area (Å²) in [5.41, 5.74) is 2.98. The number of rotatable bonds is 9. The molecule has 3 rings (SSSR count). The number of nitrogen functional groups attached to an aromatic ring is 1. The van der Waals surface area contributed by atoms with Gasteiger partial charge in [-0.1, -0.05) is 0 Å². The molecule has 0 atom stereocenters. The SMILES string of the molecule is COc1ccc(N)c(CCNCc2c(Nc3cc(C(F)(F)F)c(F)cc3C(=O)O)ccc(F)c2F)n1. The van der Waals surface area contributed by atoms with E-state index in [1.165, 1.54) is 7.11 Å². The number of nitrogens with zero attached hydrogens (tertiary/aromatic N) is 1. The third-order valence-corrected chi connectivity index (χ3v) is 5.14. The van der Waals surface area contributed by atoms with Gasteiger partial charge in [-0.2, -0.15) is 13.2 Å². The van der Waals surface area contributed by atoms with E-state index in [9.17, 15) is 36.2 Å². The Kier molecular flexibility index (Phi) is 7.93. The molecule has 0 aliphatic carbocycles. The summed E-state index contributed by atoms with van der Waals surface area (Å²) in [6, 6.07) is 5.37. The first-order valence-electron chi connectivity index (χ1n) is 10.3. The van der Waals surface area contributed by atoms with E-state index >= 15 is 0 Å². The summed E-state index contributed by atoms with van der Waals surface area (Å²) in [6.45, 7) is -0.111. The minimum absolute atomic E-state index is 0.189. The molecule has 2 aromatic carbocycles. The first-order valence-corrected chi connectivity index (χ1v) is 10.3. The van der Waals surface area contributed by atoms with E-state index in [1.807, 2.05) is 0 Å². The van der Waals surface area contributed by atoms with Gasteiger partial charge in [-0.3, -0.25) is 0 Å². The Morgan fingerprint density at radius 1 is 1.08 bits per heavy atom. The van der Waals surface area contributed by atoms with Crippen molar-refractivity contribution in [1.82, 2.24) is 10.3 Å². The number of alkyl halides is 3. The summed E-state index contributed by atoms with van der Waals surface area (Å²) in [5.74, 6) is -5.72. The molecule has 7 nitrogen and oxygen atoms in total. The normalized spacial score (nSPS) is 11.4. The van der Waals surface area contributed by atoms with Crippen LogP contribution in [0, 0.1) is 17.5 Å². The number of methoxy groups -OCH3 is 1. The van der Waals surface area contributed by atoms with Gasteiger partial charge in [0.1, 0.15) is 5.82 Å². The van der Waals surface area contributed by atoms with Gasteiger partial charge in [0, 0.05) is 36.8 Å². The molecule has 3 aromatic rings. The summed E-state index contributed by atoms with van der Waals surface area (Å²) < 4.78 is 86.9. The van der Waals surface area contributed by atoms with Gasteiger partial charge in [0.05, 0.1) is 35.3 Å². The predicted octanol–water partition coefficient (Wildman–Crippen LogP) is 4.88. The Hall–Kier alpha value is -4.00. The molecule has 13 heteroatoms. The molecule has 1 aromatic heterocycles. The fourth-order valence-corrected chi connectivity index (χ4v) is 3.32. The van der Waals surface area contributed by atoms with Crippen LogP contribution in [0.15, 0.2) is 36.4 Å². The van der Waals surface area contributed by atoms with Gasteiger partial charge in [-0.05, 0) is 30.3 Å². The highest BCUT2D eigenvalue weighted by atomic mass is 19.4. The van der Waals surface area contributed by atoms with E-state index in [2.05, 4.69) is 15.6 Å². The smallest absolute Gasteiger partial charge is 0.419 e. The Bertz CT molecular complexity index is 1280. The van der Waals surface area contributed by atoms with Crippen LogP contribution in [-0.4, -0.2) is 29.7 Å². The second kappa shape index (κ2) is 10.7. The van der Waals surface area contributed by atoms with Crippen LogP contribution in [-0.2, 0) is 19.1 Å². The summed E-state index contributed by atoms with van der Waals surface area (Å²) in [7, 11) is 1.43. The quantitative estimate of drug-likeness (QED) is 0.238. The van der Waals surface area contributed by atoms with Gasteiger partial charge < -0.3 is 26.2 Å². The van der Waals surface area contributed by atoms with Crippen molar-refractivity contribution in [3.8, 4) is 5.88 Å². The molecule has 0 fully saturated rings. The molecule has 0 bridgehead atoms. The van der Waals surface area contributed by atoms with Gasteiger partial charge in [-0.15, -0.1) is 0 Å². The zero-order chi connectivity index (χ0) is 26.6. The lowest BCUT2D eigenvalue weighted by molar-refractivity contribution is -0.139. The van der Waals surface area contributed by atoms with E-state index in [-0.39, 0.29) is 42.9 Å². The molecule has 0 unspecified atom stereocenters. The molecule has 0 amide bonds. The van der Waals surface area contributed by atoms with Crippen molar-refractivity contribution in [3.05, 3.63) is 76.2 Å². The highest BCUT2D eigenvalue weighted by Crippen LogP contribution is 2.36. The molecule has 0 saturated carbocycles. The third-order valence-electron chi connectivity index (χ3n) is 5.14. The highest BCUT2D eigenvalue weighted by molar-refractivity contribution is 5.95. The topological polar surface area (TPSA) is 110 Å². The number of nitrogens with one attached hydrogen (secondary N) is 2. The summed E-state index contributed by atoms with van der Waals surface area (Å²) in [6.07, 6.45) is -4.84. The van der Waals surface area contributed by atoms with E-state index in [0.717, 1.165) is 12.1 Å². The molecule has 36 heavy (non-hydrogen) atoms. The maximum absolute atomic E-state index is 14.6. The second-order valence-corrected chi connectivity index (χ2v) is 7.51. The van der Waals surface area contributed by atoms with Crippen LogP contribution >= 0.6 is 0 Å². The van der Waals surface area contributed by atoms with Crippen LogP contribution in [0.1, 0.15) is 27.2 Å². The summed E-state index contributed by atoms with van der Waals surface area (Å²) in [4.78, 5) is 15.7. The van der Waals surface area contributed by atoms with Gasteiger partial charge >= 0.3 is 12.1 Å². The number of benzene rings is 2. The number of carboxylic acids is 1. The number of carbonyl (C=O) groups is 1. The molecule has 192 valence electrons. The van der Waals surface area contributed by atoms with E-state index < -0.39 is 46.4 Å². The zero-order valence-corrected chi connectivity index (χ0v) is 18.6. The average molecular weight is 514 g/mol. The second-order valence-electron chi connectivity index (χ2n) is 7.51. The third kappa shape index (κ3) is 5.97. The molecule has 5 N–H and O–H groups in total. The lowest BCUT2D eigenvalue weighted by Crippen LogP contribution is -2.20. The number of anilines is 3. The van der Waals surface area contributed by atoms with E-state index in [1.54, 1.807) is 12.1 Å². The molecule has 0 saturated heterocycles. The van der Waals surface area contributed by atoms with Crippen molar-refractivity contribution in [1.29, 1.82) is 0 Å². The molecular weight excluding hydrogens is 494 g/mol. The number of carboxylic acid groups (broad SMARTS) is 1. The minimum Gasteiger partial charge on any atom is -0.481 e. The van der Waals surface area contributed by atoms with E-state index in [4.69, 9.17) is 10.5 Å². The van der Waals surface area contributed by atoms with Crippen LogP contribution in [0.3, 0.4) is 0 Å². The number of hydrogen-bond donors (Lipinski definition) is 4. The largest absolute Gasteiger partial charge is 0.481 e. The zero-order valence-electron chi connectivity index (χ0n) is 18.6. The number of aromatic nitrogens is 1. The minimum atomic E-state index is -5.12. The van der Waals surface area contributed by atoms with Crippen LogP contribution in [0.4, 0.5) is 43.4 Å². The lowest BCUT2D eigenvalue weighted by atomic mass is 10.1. The van der Waals surface area contributed by atoms with Crippen molar-refractivity contribution in [2.45, 2.75) is 19.1 Å². The predicted molar refractivity (Wildman–Crippen MR) is 119 cm³/mol. The van der Waals surface area contributed by atoms with Crippen molar-refractivity contribution in [2.75, 3.05) is 24.7 Å². The van der Waals surface area contributed by atoms with Crippen LogP contribution < -0.4 is 21.1 Å².